The van der Waals surface area contributed by atoms with Crippen molar-refractivity contribution in [2.45, 2.75) is 6.92 Å². The molecule has 0 saturated heterocycles. The van der Waals surface area contributed by atoms with Crippen LogP contribution in [-0.2, 0) is 0 Å². The maximum Gasteiger partial charge on any atom is 0.153 e. The third-order valence-corrected chi connectivity index (χ3v) is 2.39. The SMILES string of the molecule is C=Cc1c(C)oc2c(Cl)cccc12. The smallest absolute Gasteiger partial charge is 0.153 e. The Morgan fingerprint density at radius 1 is 1.46 bits per heavy atom. The summed E-state index contributed by atoms with van der Waals surface area (Å²) in [6.45, 7) is 5.65. The van der Waals surface area contributed by atoms with E-state index >= 15 is 0 Å². The third kappa shape index (κ3) is 1.16. The van der Waals surface area contributed by atoms with Crippen LogP contribution in [0, 0.1) is 6.92 Å². The molecule has 0 N–H and O–H groups in total. The molecule has 0 fully saturated rings. The molecule has 1 heterocycles. The molecule has 13 heavy (non-hydrogen) atoms. The maximum absolute atomic E-state index is 5.97. The van der Waals surface area contributed by atoms with E-state index in [-0.39, 0.29) is 0 Å². The Hall–Kier alpha value is -1.21. The minimum atomic E-state index is 0.647. The van der Waals surface area contributed by atoms with Gasteiger partial charge in [0, 0.05) is 10.9 Å². The molecular weight excluding hydrogens is 184 g/mol. The second kappa shape index (κ2) is 2.93. The van der Waals surface area contributed by atoms with E-state index in [0.29, 0.717) is 5.02 Å². The summed E-state index contributed by atoms with van der Waals surface area (Å²) in [5.74, 6) is 0.859. The largest absolute Gasteiger partial charge is 0.459 e. The second-order valence-corrected chi connectivity index (χ2v) is 3.30. The number of furan rings is 1. The average Bonchev–Trinajstić information content (AvgIpc) is 2.43. The average molecular weight is 193 g/mol. The molecule has 0 aliphatic rings. The van der Waals surface area contributed by atoms with Gasteiger partial charge in [-0.3, -0.25) is 0 Å². The van der Waals surface area contributed by atoms with Gasteiger partial charge in [0.1, 0.15) is 5.76 Å². The van der Waals surface area contributed by atoms with E-state index in [2.05, 4.69) is 6.58 Å². The van der Waals surface area contributed by atoms with Crippen LogP contribution in [-0.4, -0.2) is 0 Å². The quantitative estimate of drug-likeness (QED) is 0.665. The molecule has 1 nitrogen and oxygen atoms in total. The Bertz CT molecular complexity index is 468. The fourth-order valence-electron chi connectivity index (χ4n) is 1.48. The van der Waals surface area contributed by atoms with Crippen LogP contribution < -0.4 is 0 Å². The Morgan fingerprint density at radius 2 is 2.23 bits per heavy atom. The van der Waals surface area contributed by atoms with E-state index in [9.17, 15) is 0 Å². The molecule has 0 radical (unpaired) electrons. The molecule has 1 aromatic carbocycles. The molecule has 0 aliphatic carbocycles. The van der Waals surface area contributed by atoms with Gasteiger partial charge in [-0.25, -0.2) is 0 Å². The fourth-order valence-corrected chi connectivity index (χ4v) is 1.69. The zero-order valence-electron chi connectivity index (χ0n) is 7.30. The first-order valence-corrected chi connectivity index (χ1v) is 4.42. The predicted octanol–water partition coefficient (Wildman–Crippen LogP) is 4.04. The lowest BCUT2D eigenvalue weighted by molar-refractivity contribution is 0.577. The summed E-state index contributed by atoms with van der Waals surface area (Å²) in [7, 11) is 0. The highest BCUT2D eigenvalue weighted by Gasteiger charge is 2.09. The number of fused-ring (bicyclic) bond motifs is 1. The van der Waals surface area contributed by atoms with E-state index in [0.717, 1.165) is 22.3 Å². The van der Waals surface area contributed by atoms with Gasteiger partial charge in [0.05, 0.1) is 5.02 Å². The van der Waals surface area contributed by atoms with Crippen LogP contribution in [0.4, 0.5) is 0 Å². The highest BCUT2D eigenvalue weighted by Crippen LogP contribution is 2.31. The Balaban J connectivity index is 2.93. The predicted molar refractivity (Wildman–Crippen MR) is 56.1 cm³/mol. The molecule has 66 valence electrons. The maximum atomic E-state index is 5.97. The van der Waals surface area contributed by atoms with Gasteiger partial charge in [-0.15, -0.1) is 0 Å². The highest BCUT2D eigenvalue weighted by atomic mass is 35.5. The van der Waals surface area contributed by atoms with E-state index in [4.69, 9.17) is 16.0 Å². The lowest BCUT2D eigenvalue weighted by Crippen LogP contribution is -1.70. The van der Waals surface area contributed by atoms with E-state index < -0.39 is 0 Å². The summed E-state index contributed by atoms with van der Waals surface area (Å²) in [5.41, 5.74) is 1.77. The van der Waals surface area contributed by atoms with E-state index in [1.165, 1.54) is 0 Å². The first-order chi connectivity index (χ1) is 6.24. The molecule has 1 aromatic heterocycles. The molecule has 0 amide bonds. The van der Waals surface area contributed by atoms with Gasteiger partial charge >= 0.3 is 0 Å². The van der Waals surface area contributed by atoms with Crippen molar-refractivity contribution in [2.75, 3.05) is 0 Å². The Labute approximate surface area is 81.6 Å². The van der Waals surface area contributed by atoms with Gasteiger partial charge in [0.25, 0.3) is 0 Å². The summed E-state index contributed by atoms with van der Waals surface area (Å²) < 4.78 is 5.52. The molecule has 2 rings (SSSR count). The second-order valence-electron chi connectivity index (χ2n) is 2.89. The highest BCUT2D eigenvalue weighted by molar-refractivity contribution is 6.35. The minimum Gasteiger partial charge on any atom is -0.459 e. The van der Waals surface area contributed by atoms with Crippen molar-refractivity contribution >= 4 is 28.6 Å². The number of aryl methyl sites for hydroxylation is 1. The van der Waals surface area contributed by atoms with Crippen LogP contribution >= 0.6 is 11.6 Å². The molecule has 0 atom stereocenters. The van der Waals surface area contributed by atoms with Crippen molar-refractivity contribution in [3.05, 3.63) is 41.1 Å². The van der Waals surface area contributed by atoms with Gasteiger partial charge in [-0.2, -0.15) is 0 Å². The van der Waals surface area contributed by atoms with Crippen molar-refractivity contribution in [2.24, 2.45) is 0 Å². The van der Waals surface area contributed by atoms with Crippen molar-refractivity contribution in [3.8, 4) is 0 Å². The number of halogens is 1. The van der Waals surface area contributed by atoms with Crippen LogP contribution in [0.5, 0.6) is 0 Å². The topological polar surface area (TPSA) is 13.1 Å². The van der Waals surface area contributed by atoms with Crippen LogP contribution in [0.15, 0.2) is 29.2 Å². The van der Waals surface area contributed by atoms with Gasteiger partial charge < -0.3 is 4.42 Å². The minimum absolute atomic E-state index is 0.647. The number of hydrogen-bond donors (Lipinski definition) is 0. The van der Waals surface area contributed by atoms with Gasteiger partial charge in [-0.1, -0.05) is 36.4 Å². The summed E-state index contributed by atoms with van der Waals surface area (Å²) in [6.07, 6.45) is 1.79. The van der Waals surface area contributed by atoms with Crippen molar-refractivity contribution in [1.29, 1.82) is 0 Å². The fraction of sp³-hybridized carbons (Fsp3) is 0.0909. The number of para-hydroxylation sites is 1. The monoisotopic (exact) mass is 192 g/mol. The zero-order valence-corrected chi connectivity index (χ0v) is 8.06. The molecule has 0 unspecified atom stereocenters. The van der Waals surface area contributed by atoms with Crippen LogP contribution in [0.25, 0.3) is 17.0 Å². The summed E-state index contributed by atoms with van der Waals surface area (Å²) in [5, 5.41) is 1.67. The normalized spacial score (nSPS) is 10.6. The molecule has 0 spiro atoms. The number of benzene rings is 1. The zero-order chi connectivity index (χ0) is 9.42. The molecule has 0 bridgehead atoms. The van der Waals surface area contributed by atoms with E-state index in [1.54, 1.807) is 6.08 Å². The van der Waals surface area contributed by atoms with Crippen molar-refractivity contribution in [1.82, 2.24) is 0 Å². The third-order valence-electron chi connectivity index (χ3n) is 2.10. The lowest BCUT2D eigenvalue weighted by Gasteiger charge is -1.90. The standard InChI is InChI=1S/C11H9ClO/c1-3-8-7(2)13-11-9(8)5-4-6-10(11)12/h3-6H,1H2,2H3. The summed E-state index contributed by atoms with van der Waals surface area (Å²) in [4.78, 5) is 0. The number of rotatable bonds is 1. The van der Waals surface area contributed by atoms with E-state index in [1.807, 2.05) is 25.1 Å². The molecule has 0 aliphatic heterocycles. The molecule has 0 saturated carbocycles. The number of hydrogen-bond acceptors (Lipinski definition) is 1. The Kier molecular flexibility index (Phi) is 1.89. The molecular formula is C11H9ClO. The van der Waals surface area contributed by atoms with Gasteiger partial charge in [0.2, 0.25) is 0 Å². The summed E-state index contributed by atoms with van der Waals surface area (Å²) >= 11 is 5.97. The van der Waals surface area contributed by atoms with Gasteiger partial charge in [0.15, 0.2) is 5.58 Å². The van der Waals surface area contributed by atoms with Crippen molar-refractivity contribution in [3.63, 3.8) is 0 Å². The summed E-state index contributed by atoms with van der Waals surface area (Å²) in [6, 6.07) is 5.71. The van der Waals surface area contributed by atoms with Crippen LogP contribution in [0.3, 0.4) is 0 Å². The molecule has 2 aromatic rings. The van der Waals surface area contributed by atoms with Crippen LogP contribution in [0.1, 0.15) is 11.3 Å². The van der Waals surface area contributed by atoms with Crippen molar-refractivity contribution < 1.29 is 4.42 Å². The Morgan fingerprint density at radius 3 is 2.92 bits per heavy atom. The first-order valence-electron chi connectivity index (χ1n) is 4.04. The first kappa shape index (κ1) is 8.39. The van der Waals surface area contributed by atoms with Gasteiger partial charge in [-0.05, 0) is 13.0 Å². The lowest BCUT2D eigenvalue weighted by atomic mass is 10.1. The van der Waals surface area contributed by atoms with Crippen LogP contribution in [0.2, 0.25) is 5.02 Å². The molecule has 2 heteroatoms.